The van der Waals surface area contributed by atoms with Gasteiger partial charge in [0.2, 0.25) is 11.0 Å². The van der Waals surface area contributed by atoms with Gasteiger partial charge in [-0.2, -0.15) is 11.8 Å². The average molecular weight is 474 g/mol. The Morgan fingerprint density at radius 3 is 2.16 bits per heavy atom. The summed E-state index contributed by atoms with van der Waals surface area (Å²) in [6, 6.07) is 16.2. The number of aliphatic carboxylic acids is 1. The van der Waals surface area contributed by atoms with E-state index in [4.69, 9.17) is 0 Å². The summed E-state index contributed by atoms with van der Waals surface area (Å²) in [5.74, 6) is -0.676. The summed E-state index contributed by atoms with van der Waals surface area (Å²) in [5, 5.41) is 12.0. The molecule has 0 heterocycles. The van der Waals surface area contributed by atoms with Gasteiger partial charge < -0.3 is 10.4 Å². The van der Waals surface area contributed by atoms with Crippen LogP contribution in [0.5, 0.6) is 0 Å². The molecule has 0 saturated carbocycles. The Bertz CT molecular complexity index is 908. The molecule has 0 bridgehead atoms. The highest BCUT2D eigenvalue weighted by molar-refractivity contribution is 8.14. The molecule has 7 heteroatoms. The van der Waals surface area contributed by atoms with E-state index in [-0.39, 0.29) is 22.2 Å². The normalized spacial score (nSPS) is 13.2. The van der Waals surface area contributed by atoms with E-state index in [2.05, 4.69) is 50.4 Å². The van der Waals surface area contributed by atoms with Crippen molar-refractivity contribution in [1.82, 2.24) is 5.32 Å². The average Bonchev–Trinajstić information content (AvgIpc) is 2.76. The largest absolute Gasteiger partial charge is 0.480 e. The van der Waals surface area contributed by atoms with Crippen LogP contribution in [-0.4, -0.2) is 39.6 Å². The van der Waals surface area contributed by atoms with Gasteiger partial charge in [-0.15, -0.1) is 0 Å². The zero-order valence-electron chi connectivity index (χ0n) is 19.0. The van der Waals surface area contributed by atoms with Crippen molar-refractivity contribution in [3.8, 4) is 0 Å². The van der Waals surface area contributed by atoms with Crippen LogP contribution in [0.15, 0.2) is 54.6 Å². The molecule has 5 nitrogen and oxygen atoms in total. The summed E-state index contributed by atoms with van der Waals surface area (Å²) in [5.41, 5.74) is 3.04. The molecule has 172 valence electrons. The monoisotopic (exact) mass is 473 g/mol. The molecule has 0 fully saturated rings. The van der Waals surface area contributed by atoms with Crippen molar-refractivity contribution in [2.45, 2.75) is 44.9 Å². The topological polar surface area (TPSA) is 83.5 Å². The number of nitrogens with one attached hydrogen (secondary N) is 1. The summed E-state index contributed by atoms with van der Waals surface area (Å²) in [6.45, 7) is 8.18. The Balaban J connectivity index is 1.81. The quantitative estimate of drug-likeness (QED) is 0.505. The lowest BCUT2D eigenvalue weighted by atomic mass is 9.87. The number of benzene rings is 2. The number of hydrogen-bond acceptors (Lipinski definition) is 5. The fourth-order valence-corrected chi connectivity index (χ4v) is 4.68. The first kappa shape index (κ1) is 26.0. The lowest BCUT2D eigenvalue weighted by molar-refractivity contribution is -0.141. The van der Waals surface area contributed by atoms with E-state index < -0.39 is 17.9 Å². The summed E-state index contributed by atoms with van der Waals surface area (Å²) >= 11 is 2.54. The molecule has 2 atom stereocenters. The van der Waals surface area contributed by atoms with Gasteiger partial charge in [0.1, 0.15) is 6.04 Å². The van der Waals surface area contributed by atoms with Gasteiger partial charge in [0, 0.05) is 28.7 Å². The molecular weight excluding hydrogens is 442 g/mol. The summed E-state index contributed by atoms with van der Waals surface area (Å²) in [6.07, 6.45) is 0. The molecule has 0 saturated heterocycles. The molecular formula is C25H31NO4S2. The number of carbonyl (C=O) groups excluding carboxylic acids is 2. The third-order valence-corrected chi connectivity index (χ3v) is 7.18. The molecule has 2 N–H and O–H groups in total. The predicted octanol–water partition coefficient (Wildman–Crippen LogP) is 5.00. The number of thioether (sulfide) groups is 2. The van der Waals surface area contributed by atoms with Crippen molar-refractivity contribution in [2.75, 3.05) is 11.5 Å². The van der Waals surface area contributed by atoms with Gasteiger partial charge in [-0.3, -0.25) is 9.59 Å². The summed E-state index contributed by atoms with van der Waals surface area (Å²) in [4.78, 5) is 36.3. The maximum atomic E-state index is 12.5. The molecule has 0 radical (unpaired) electrons. The smallest absolute Gasteiger partial charge is 0.327 e. The van der Waals surface area contributed by atoms with Crippen LogP contribution in [0.4, 0.5) is 0 Å². The number of amides is 1. The van der Waals surface area contributed by atoms with Crippen LogP contribution in [-0.2, 0) is 20.8 Å². The Morgan fingerprint density at radius 1 is 0.969 bits per heavy atom. The molecule has 0 unspecified atom stereocenters. The van der Waals surface area contributed by atoms with E-state index in [0.29, 0.717) is 17.1 Å². The van der Waals surface area contributed by atoms with Crippen LogP contribution in [0, 0.1) is 5.92 Å². The molecule has 0 aliphatic carbocycles. The predicted molar refractivity (Wildman–Crippen MR) is 133 cm³/mol. The standard InChI is InChI=1S/C25H31NO4S2/c1-17(14-32-24(30)19-8-6-5-7-9-19)22(27)26-21(23(28)29)16-31-15-18-10-12-20(13-11-18)25(2,3)4/h5-13,17,21H,14-16H2,1-4H3,(H,26,27)(H,28,29)/t17-,21+/m1/s1. The van der Waals surface area contributed by atoms with E-state index in [9.17, 15) is 19.5 Å². The van der Waals surface area contributed by atoms with Gasteiger partial charge in [-0.1, -0.05) is 94.1 Å². The number of carboxylic acids is 1. The van der Waals surface area contributed by atoms with Crippen molar-refractivity contribution in [2.24, 2.45) is 5.92 Å². The maximum absolute atomic E-state index is 12.5. The van der Waals surface area contributed by atoms with Crippen molar-refractivity contribution >= 4 is 40.5 Å². The number of carboxylic acid groups (broad SMARTS) is 1. The molecule has 2 rings (SSSR count). The highest BCUT2D eigenvalue weighted by Gasteiger charge is 2.24. The number of carbonyl (C=O) groups is 3. The van der Waals surface area contributed by atoms with Crippen LogP contribution in [0.1, 0.15) is 49.2 Å². The van der Waals surface area contributed by atoms with E-state index in [1.165, 1.54) is 17.3 Å². The Morgan fingerprint density at radius 2 is 1.59 bits per heavy atom. The van der Waals surface area contributed by atoms with Crippen LogP contribution in [0.2, 0.25) is 0 Å². The fraction of sp³-hybridized carbons (Fsp3) is 0.400. The Kier molecular flexibility index (Phi) is 9.84. The Labute approximate surface area is 198 Å². The molecule has 0 aliphatic rings. The second-order valence-corrected chi connectivity index (χ2v) is 10.8. The summed E-state index contributed by atoms with van der Waals surface area (Å²) < 4.78 is 0. The van der Waals surface area contributed by atoms with Gasteiger partial charge in [0.25, 0.3) is 0 Å². The SMILES string of the molecule is C[C@H](CSC(=O)c1ccccc1)C(=O)N[C@@H](CSCc1ccc(C(C)(C)C)cc1)C(=O)O. The van der Waals surface area contributed by atoms with Gasteiger partial charge in [0.05, 0.1) is 0 Å². The maximum Gasteiger partial charge on any atom is 0.327 e. The van der Waals surface area contributed by atoms with Crippen LogP contribution >= 0.6 is 23.5 Å². The molecule has 2 aromatic rings. The highest BCUT2D eigenvalue weighted by atomic mass is 32.2. The summed E-state index contributed by atoms with van der Waals surface area (Å²) in [7, 11) is 0. The molecule has 0 spiro atoms. The molecule has 1 amide bonds. The zero-order chi connectivity index (χ0) is 23.7. The Hall–Kier alpha value is -2.25. The lowest BCUT2D eigenvalue weighted by Gasteiger charge is -2.19. The van der Waals surface area contributed by atoms with Crippen LogP contribution in [0.3, 0.4) is 0 Å². The van der Waals surface area contributed by atoms with E-state index in [1.54, 1.807) is 31.2 Å². The molecule has 0 aliphatic heterocycles. The van der Waals surface area contributed by atoms with Crippen molar-refractivity contribution < 1.29 is 19.5 Å². The van der Waals surface area contributed by atoms with Gasteiger partial charge in [-0.25, -0.2) is 4.79 Å². The van der Waals surface area contributed by atoms with Crippen molar-refractivity contribution in [3.05, 3.63) is 71.3 Å². The second-order valence-electron chi connectivity index (χ2n) is 8.73. The first-order valence-electron chi connectivity index (χ1n) is 10.5. The van der Waals surface area contributed by atoms with Crippen LogP contribution in [0.25, 0.3) is 0 Å². The third-order valence-electron chi connectivity index (χ3n) is 4.91. The molecule has 32 heavy (non-hydrogen) atoms. The van der Waals surface area contributed by atoms with Gasteiger partial charge in [-0.05, 0) is 16.5 Å². The number of rotatable bonds is 10. The van der Waals surface area contributed by atoms with E-state index in [0.717, 1.165) is 17.3 Å². The molecule has 0 aromatic heterocycles. The second kappa shape index (κ2) is 12.1. The first-order valence-corrected chi connectivity index (χ1v) is 12.6. The highest BCUT2D eigenvalue weighted by Crippen LogP contribution is 2.23. The number of hydrogen-bond donors (Lipinski definition) is 2. The minimum atomic E-state index is -1.06. The minimum Gasteiger partial charge on any atom is -0.480 e. The lowest BCUT2D eigenvalue weighted by Crippen LogP contribution is -2.45. The first-order chi connectivity index (χ1) is 15.1. The van der Waals surface area contributed by atoms with E-state index >= 15 is 0 Å². The minimum absolute atomic E-state index is 0.0883. The van der Waals surface area contributed by atoms with Crippen molar-refractivity contribution in [1.29, 1.82) is 0 Å². The van der Waals surface area contributed by atoms with E-state index in [1.807, 2.05) is 6.07 Å². The van der Waals surface area contributed by atoms with Crippen molar-refractivity contribution in [3.63, 3.8) is 0 Å². The fourth-order valence-electron chi connectivity index (χ4n) is 2.82. The van der Waals surface area contributed by atoms with Crippen LogP contribution < -0.4 is 5.32 Å². The third kappa shape index (κ3) is 8.36. The van der Waals surface area contributed by atoms with Gasteiger partial charge >= 0.3 is 5.97 Å². The molecule has 2 aromatic carbocycles. The van der Waals surface area contributed by atoms with Gasteiger partial charge in [0.15, 0.2) is 0 Å². The zero-order valence-corrected chi connectivity index (χ0v) is 20.6.